The number of carbonyl (C=O) groups is 2. The van der Waals surface area contributed by atoms with Crippen LogP contribution in [0.2, 0.25) is 0 Å². The number of rotatable bonds is 9. The van der Waals surface area contributed by atoms with Crippen molar-refractivity contribution in [3.05, 3.63) is 95.3 Å². The Morgan fingerprint density at radius 2 is 1.86 bits per heavy atom. The quantitative estimate of drug-likeness (QED) is 0.407. The lowest BCUT2D eigenvalue weighted by atomic mass is 10.0. The van der Waals surface area contributed by atoms with Crippen molar-refractivity contribution in [1.82, 2.24) is 10.2 Å². The largest absolute Gasteiger partial charge is 0.457 e. The molecule has 2 amide bonds. The molecule has 193 valence electrons. The van der Waals surface area contributed by atoms with E-state index in [1.807, 2.05) is 24.3 Å². The molecule has 0 aliphatic carbocycles. The molecule has 0 bridgehead atoms. The molecule has 3 aromatic rings. The molecular formula is C27H25F3N3O3S. The molecule has 10 heteroatoms. The van der Waals surface area contributed by atoms with Gasteiger partial charge in [0.1, 0.15) is 17.3 Å². The van der Waals surface area contributed by atoms with Gasteiger partial charge in [0.15, 0.2) is 17.0 Å². The number of benzene rings is 3. The fourth-order valence-corrected chi connectivity index (χ4v) is 5.04. The average molecular weight is 529 g/mol. The highest BCUT2D eigenvalue weighted by Crippen LogP contribution is 2.26. The molecular weight excluding hydrogens is 503 g/mol. The number of para-hydroxylation sites is 1. The Labute approximate surface area is 217 Å². The summed E-state index contributed by atoms with van der Waals surface area (Å²) in [5.41, 5.74) is 6.75. The van der Waals surface area contributed by atoms with Crippen LogP contribution in [-0.2, 0) is 22.6 Å². The van der Waals surface area contributed by atoms with Crippen LogP contribution < -0.4 is 15.8 Å². The van der Waals surface area contributed by atoms with Crippen molar-refractivity contribution in [3.8, 4) is 11.5 Å². The molecule has 3 aromatic carbocycles. The van der Waals surface area contributed by atoms with E-state index in [0.717, 1.165) is 11.6 Å². The van der Waals surface area contributed by atoms with E-state index in [4.69, 9.17) is 10.5 Å². The summed E-state index contributed by atoms with van der Waals surface area (Å²) < 4.78 is 46.2. The van der Waals surface area contributed by atoms with Gasteiger partial charge >= 0.3 is 0 Å². The zero-order valence-electron chi connectivity index (χ0n) is 19.8. The number of carbonyl (C=O) groups excluding carboxylic acids is 2. The van der Waals surface area contributed by atoms with Gasteiger partial charge in [-0.25, -0.2) is 13.2 Å². The molecule has 0 saturated carbocycles. The Morgan fingerprint density at radius 1 is 1.11 bits per heavy atom. The van der Waals surface area contributed by atoms with Crippen molar-refractivity contribution in [1.29, 1.82) is 0 Å². The predicted molar refractivity (Wildman–Crippen MR) is 134 cm³/mol. The van der Waals surface area contributed by atoms with Gasteiger partial charge in [0.2, 0.25) is 5.91 Å². The summed E-state index contributed by atoms with van der Waals surface area (Å²) in [6, 6.07) is 17.9. The topological polar surface area (TPSA) is 84.7 Å². The highest BCUT2D eigenvalue weighted by Gasteiger charge is 2.35. The van der Waals surface area contributed by atoms with Gasteiger partial charge < -0.3 is 20.7 Å². The third kappa shape index (κ3) is 7.05. The second-order valence-electron chi connectivity index (χ2n) is 8.53. The molecule has 1 radical (unpaired) electrons. The number of hydrogen-bond acceptors (Lipinski definition) is 5. The first-order valence-electron chi connectivity index (χ1n) is 11.6. The predicted octanol–water partition coefficient (Wildman–Crippen LogP) is 4.17. The molecule has 37 heavy (non-hydrogen) atoms. The second kappa shape index (κ2) is 12.2. The van der Waals surface area contributed by atoms with Gasteiger partial charge in [-0.15, -0.1) is 11.8 Å². The highest BCUT2D eigenvalue weighted by molar-refractivity contribution is 8.00. The summed E-state index contributed by atoms with van der Waals surface area (Å²) in [5.74, 6) is -2.24. The van der Waals surface area contributed by atoms with Crippen LogP contribution in [0.3, 0.4) is 0 Å². The Morgan fingerprint density at radius 3 is 2.59 bits per heavy atom. The summed E-state index contributed by atoms with van der Waals surface area (Å²) >= 11 is 1.34. The fraction of sp³-hybridized carbons (Fsp3) is 0.259. The van der Waals surface area contributed by atoms with Crippen molar-refractivity contribution in [2.75, 3.05) is 12.3 Å². The van der Waals surface area contributed by atoms with E-state index in [1.54, 1.807) is 24.3 Å². The molecule has 3 N–H and O–H groups in total. The molecule has 1 unspecified atom stereocenters. The van der Waals surface area contributed by atoms with E-state index in [0.29, 0.717) is 29.9 Å². The van der Waals surface area contributed by atoms with E-state index in [9.17, 15) is 22.8 Å². The monoisotopic (exact) mass is 528 g/mol. The lowest BCUT2D eigenvalue weighted by molar-refractivity contribution is -0.136. The zero-order valence-corrected chi connectivity index (χ0v) is 20.6. The molecule has 1 saturated heterocycles. The number of halogens is 3. The third-order valence-electron chi connectivity index (χ3n) is 5.74. The maximum atomic E-state index is 13.9. The number of hydrogen-bond donors (Lipinski definition) is 2. The van der Waals surface area contributed by atoms with Crippen LogP contribution in [0.1, 0.15) is 17.5 Å². The molecule has 2 atom stereocenters. The Hall–Kier alpha value is -3.50. The van der Waals surface area contributed by atoms with Crippen molar-refractivity contribution in [2.24, 2.45) is 5.73 Å². The summed E-state index contributed by atoms with van der Waals surface area (Å²) in [6.45, 7) is 0.640. The van der Waals surface area contributed by atoms with Gasteiger partial charge in [0.25, 0.3) is 5.91 Å². The van der Waals surface area contributed by atoms with E-state index < -0.39 is 28.9 Å². The van der Waals surface area contributed by atoms with E-state index in [-0.39, 0.29) is 36.8 Å². The number of nitrogens with zero attached hydrogens (tertiary/aromatic N) is 1. The molecule has 1 aliphatic rings. The van der Waals surface area contributed by atoms with E-state index in [2.05, 4.69) is 11.4 Å². The Balaban J connectivity index is 1.28. The number of nitrogens with two attached hydrogens (primary N) is 1. The molecule has 0 aromatic heterocycles. The smallest absolute Gasteiger partial charge is 0.253 e. The second-order valence-corrected chi connectivity index (χ2v) is 9.72. The normalized spacial score (nSPS) is 15.9. The summed E-state index contributed by atoms with van der Waals surface area (Å²) in [7, 11) is 0. The van der Waals surface area contributed by atoms with Gasteiger partial charge in [0.05, 0.1) is 0 Å². The van der Waals surface area contributed by atoms with Crippen LogP contribution in [0.5, 0.6) is 11.5 Å². The van der Waals surface area contributed by atoms with E-state index >= 15 is 0 Å². The van der Waals surface area contributed by atoms with Crippen molar-refractivity contribution in [3.63, 3.8) is 0 Å². The molecule has 0 spiro atoms. The van der Waals surface area contributed by atoms with Crippen molar-refractivity contribution >= 4 is 23.6 Å². The first-order chi connectivity index (χ1) is 17.8. The van der Waals surface area contributed by atoms with Crippen LogP contribution >= 0.6 is 11.8 Å². The first kappa shape index (κ1) is 26.6. The van der Waals surface area contributed by atoms with Gasteiger partial charge in [-0.3, -0.25) is 9.59 Å². The summed E-state index contributed by atoms with van der Waals surface area (Å²) in [4.78, 5) is 27.1. The number of amides is 2. The fourth-order valence-electron chi connectivity index (χ4n) is 3.88. The number of thioether (sulfide) groups is 1. The van der Waals surface area contributed by atoms with Gasteiger partial charge in [-0.1, -0.05) is 30.3 Å². The van der Waals surface area contributed by atoms with Crippen LogP contribution in [-0.4, -0.2) is 40.4 Å². The Kier molecular flexibility index (Phi) is 8.73. The SMILES string of the molecule is N[C@@H](CC(=O)N1CCSC1C(=O)NCc1ccc(Oc2[c]cccc2)cc1)Cc1cc(F)c(F)cc1F. The maximum absolute atomic E-state index is 13.9. The zero-order chi connectivity index (χ0) is 26.4. The lowest BCUT2D eigenvalue weighted by Crippen LogP contribution is -2.46. The summed E-state index contributed by atoms with van der Waals surface area (Å²) in [5, 5.41) is 2.14. The molecule has 4 rings (SSSR count). The van der Waals surface area contributed by atoms with Gasteiger partial charge in [0, 0.05) is 43.4 Å². The lowest BCUT2D eigenvalue weighted by Gasteiger charge is -2.24. The van der Waals surface area contributed by atoms with Gasteiger partial charge in [-0.2, -0.15) is 0 Å². The maximum Gasteiger partial charge on any atom is 0.253 e. The molecule has 1 aliphatic heterocycles. The molecule has 1 fully saturated rings. The standard InChI is InChI=1S/C27H25F3N3O3S/c28-22-15-24(30)23(29)13-18(22)12-19(31)14-25(34)33-10-11-37-27(33)26(35)32-16-17-6-8-21(9-7-17)36-20-4-2-1-3-5-20/h1-4,6-9,13,15,19,27H,10-12,14,16,31H2,(H,32,35)/t19-,27?/m1/s1. The van der Waals surface area contributed by atoms with Gasteiger partial charge in [-0.05, 0) is 41.8 Å². The number of nitrogens with one attached hydrogen (secondary N) is 1. The minimum Gasteiger partial charge on any atom is -0.457 e. The minimum atomic E-state index is -1.29. The van der Waals surface area contributed by atoms with Crippen molar-refractivity contribution in [2.45, 2.75) is 30.8 Å². The van der Waals surface area contributed by atoms with Crippen LogP contribution in [0.4, 0.5) is 13.2 Å². The van der Waals surface area contributed by atoms with Crippen LogP contribution in [0.25, 0.3) is 0 Å². The first-order valence-corrected chi connectivity index (χ1v) is 12.7. The average Bonchev–Trinajstić information content (AvgIpc) is 3.38. The highest BCUT2D eigenvalue weighted by atomic mass is 32.2. The van der Waals surface area contributed by atoms with Crippen LogP contribution in [0, 0.1) is 23.5 Å². The number of ether oxygens (including phenoxy) is 1. The van der Waals surface area contributed by atoms with E-state index in [1.165, 1.54) is 16.7 Å². The minimum absolute atomic E-state index is 0.109. The van der Waals surface area contributed by atoms with Crippen molar-refractivity contribution < 1.29 is 27.5 Å². The molecule has 6 nitrogen and oxygen atoms in total. The Bertz CT molecular complexity index is 1240. The third-order valence-corrected chi connectivity index (χ3v) is 6.94. The summed E-state index contributed by atoms with van der Waals surface area (Å²) in [6.07, 6.45) is -0.308. The molecule has 1 heterocycles. The van der Waals surface area contributed by atoms with Crippen LogP contribution in [0.15, 0.2) is 60.7 Å².